The first-order chi connectivity index (χ1) is 8.66. The number of aliphatic hydroxyl groups is 1. The highest BCUT2D eigenvalue weighted by atomic mass is 16.5. The lowest BCUT2D eigenvalue weighted by molar-refractivity contribution is 0.0924. The predicted molar refractivity (Wildman–Crippen MR) is 63.7 cm³/mol. The smallest absolute Gasteiger partial charge is 0.251 e. The summed E-state index contributed by atoms with van der Waals surface area (Å²) in [6.07, 6.45) is 0.686. The van der Waals surface area contributed by atoms with Crippen LogP contribution in [0.4, 0.5) is 0 Å². The van der Waals surface area contributed by atoms with Crippen molar-refractivity contribution in [3.63, 3.8) is 0 Å². The van der Waals surface area contributed by atoms with Crippen LogP contribution in [-0.2, 0) is 0 Å². The number of nitrogens with zero attached hydrogens (tertiary/aromatic N) is 2. The van der Waals surface area contributed by atoms with Crippen LogP contribution in [0.15, 0.2) is 35.2 Å². The number of hydrogen-bond acceptors (Lipinski definition) is 5. The fourth-order valence-corrected chi connectivity index (χ4v) is 1.41. The number of aliphatic hydroxyl groups excluding tert-OH is 1. The summed E-state index contributed by atoms with van der Waals surface area (Å²) in [6.45, 7) is 1.84. The second kappa shape index (κ2) is 5.42. The molecule has 2 N–H and O–H groups in total. The van der Waals surface area contributed by atoms with E-state index in [1.807, 2.05) is 0 Å². The van der Waals surface area contributed by atoms with E-state index in [4.69, 9.17) is 5.11 Å². The van der Waals surface area contributed by atoms with E-state index in [2.05, 4.69) is 20.0 Å². The van der Waals surface area contributed by atoms with Crippen molar-refractivity contribution >= 4 is 5.91 Å². The van der Waals surface area contributed by atoms with Crippen molar-refractivity contribution in [3.8, 4) is 11.4 Å². The summed E-state index contributed by atoms with van der Waals surface area (Å²) in [4.78, 5) is 15.6. The number of hydrogen-bond donors (Lipinski definition) is 2. The number of carbonyl (C=O) groups excluding carboxylic acids is 1. The van der Waals surface area contributed by atoms with Gasteiger partial charge in [0.05, 0.1) is 6.10 Å². The van der Waals surface area contributed by atoms with Crippen LogP contribution >= 0.6 is 0 Å². The van der Waals surface area contributed by atoms with Gasteiger partial charge in [-0.25, -0.2) is 0 Å². The SMILES string of the molecule is CC(O)CNC(=O)c1ccc(-c2ncon2)cc1. The summed E-state index contributed by atoms with van der Waals surface area (Å²) in [5.74, 6) is 0.251. The van der Waals surface area contributed by atoms with Crippen LogP contribution in [0.2, 0.25) is 0 Å². The second-order valence-corrected chi connectivity index (χ2v) is 3.89. The average Bonchev–Trinajstić information content (AvgIpc) is 2.90. The van der Waals surface area contributed by atoms with E-state index < -0.39 is 6.10 Å². The zero-order chi connectivity index (χ0) is 13.0. The van der Waals surface area contributed by atoms with Crippen LogP contribution in [0.25, 0.3) is 11.4 Å². The van der Waals surface area contributed by atoms with Crippen molar-refractivity contribution < 1.29 is 14.4 Å². The highest BCUT2D eigenvalue weighted by Gasteiger charge is 2.08. The Labute approximate surface area is 104 Å². The molecule has 0 saturated carbocycles. The molecule has 0 aliphatic heterocycles. The van der Waals surface area contributed by atoms with Crippen molar-refractivity contribution in [2.24, 2.45) is 0 Å². The lowest BCUT2D eigenvalue weighted by Gasteiger charge is -2.07. The van der Waals surface area contributed by atoms with Gasteiger partial charge < -0.3 is 14.9 Å². The molecule has 0 radical (unpaired) electrons. The average molecular weight is 247 g/mol. The largest absolute Gasteiger partial charge is 0.392 e. The molecule has 18 heavy (non-hydrogen) atoms. The Morgan fingerprint density at radius 1 is 1.44 bits per heavy atom. The molecule has 0 aliphatic rings. The van der Waals surface area contributed by atoms with Crippen LogP contribution in [0.5, 0.6) is 0 Å². The number of aromatic nitrogens is 2. The van der Waals surface area contributed by atoms with Crippen LogP contribution in [0.3, 0.4) is 0 Å². The Hall–Kier alpha value is -2.21. The fraction of sp³-hybridized carbons (Fsp3) is 0.250. The van der Waals surface area contributed by atoms with Gasteiger partial charge in [-0.3, -0.25) is 4.79 Å². The van der Waals surface area contributed by atoms with Gasteiger partial charge in [0.1, 0.15) is 0 Å². The minimum Gasteiger partial charge on any atom is -0.392 e. The van der Waals surface area contributed by atoms with Crippen molar-refractivity contribution in [2.45, 2.75) is 13.0 Å². The number of carbonyl (C=O) groups is 1. The van der Waals surface area contributed by atoms with Gasteiger partial charge in [-0.15, -0.1) is 0 Å². The third-order valence-electron chi connectivity index (χ3n) is 2.32. The van der Waals surface area contributed by atoms with Crippen molar-refractivity contribution in [3.05, 3.63) is 36.2 Å². The van der Waals surface area contributed by atoms with Gasteiger partial charge in [-0.1, -0.05) is 17.3 Å². The summed E-state index contributed by atoms with van der Waals surface area (Å²) < 4.78 is 4.64. The summed E-state index contributed by atoms with van der Waals surface area (Å²) in [7, 11) is 0. The molecule has 0 spiro atoms. The van der Waals surface area contributed by atoms with Gasteiger partial charge in [-0.2, -0.15) is 4.98 Å². The van der Waals surface area contributed by atoms with Gasteiger partial charge in [0.15, 0.2) is 0 Å². The van der Waals surface area contributed by atoms with E-state index in [1.54, 1.807) is 31.2 Å². The first-order valence-corrected chi connectivity index (χ1v) is 5.50. The van der Waals surface area contributed by atoms with E-state index in [0.717, 1.165) is 5.56 Å². The van der Waals surface area contributed by atoms with Crippen LogP contribution in [0, 0.1) is 0 Å². The van der Waals surface area contributed by atoms with Crippen LogP contribution in [0.1, 0.15) is 17.3 Å². The van der Waals surface area contributed by atoms with Gasteiger partial charge in [0.2, 0.25) is 12.2 Å². The summed E-state index contributed by atoms with van der Waals surface area (Å²) in [6, 6.07) is 6.82. The Bertz CT molecular complexity index is 506. The molecule has 1 aromatic carbocycles. The topological polar surface area (TPSA) is 88.2 Å². The molecule has 1 aromatic heterocycles. The lowest BCUT2D eigenvalue weighted by atomic mass is 10.1. The summed E-state index contributed by atoms with van der Waals surface area (Å²) in [5.41, 5.74) is 1.29. The van der Waals surface area contributed by atoms with E-state index in [0.29, 0.717) is 11.4 Å². The minimum absolute atomic E-state index is 0.226. The monoisotopic (exact) mass is 247 g/mol. The molecular weight excluding hydrogens is 234 g/mol. The molecule has 6 nitrogen and oxygen atoms in total. The van der Waals surface area contributed by atoms with Gasteiger partial charge in [0, 0.05) is 17.7 Å². The molecule has 0 bridgehead atoms. The second-order valence-electron chi connectivity index (χ2n) is 3.89. The molecule has 1 amide bonds. The molecule has 1 atom stereocenters. The van der Waals surface area contributed by atoms with Crippen molar-refractivity contribution in [2.75, 3.05) is 6.54 Å². The normalized spacial score (nSPS) is 12.1. The molecule has 0 saturated heterocycles. The molecule has 0 aliphatic carbocycles. The Morgan fingerprint density at radius 2 is 2.17 bits per heavy atom. The number of amides is 1. The third-order valence-corrected chi connectivity index (χ3v) is 2.32. The maximum Gasteiger partial charge on any atom is 0.251 e. The first kappa shape index (κ1) is 12.3. The fourth-order valence-electron chi connectivity index (χ4n) is 1.41. The van der Waals surface area contributed by atoms with E-state index >= 15 is 0 Å². The highest BCUT2D eigenvalue weighted by Crippen LogP contribution is 2.14. The standard InChI is InChI=1S/C12H13N3O3/c1-8(16)6-13-12(17)10-4-2-9(3-5-10)11-14-7-18-15-11/h2-5,7-8,16H,6H2,1H3,(H,13,17). The molecule has 1 unspecified atom stereocenters. The molecule has 6 heteroatoms. The maximum atomic E-state index is 11.7. The Balaban J connectivity index is 2.06. The van der Waals surface area contributed by atoms with Crippen LogP contribution in [-0.4, -0.2) is 33.8 Å². The summed E-state index contributed by atoms with van der Waals surface area (Å²) in [5, 5.41) is 15.4. The Morgan fingerprint density at radius 3 is 2.72 bits per heavy atom. The predicted octanol–water partition coefficient (Wildman–Crippen LogP) is 0.847. The third kappa shape index (κ3) is 2.92. The number of rotatable bonds is 4. The molecule has 2 aromatic rings. The first-order valence-electron chi connectivity index (χ1n) is 5.50. The Kier molecular flexibility index (Phi) is 3.69. The molecular formula is C12H13N3O3. The van der Waals surface area contributed by atoms with Gasteiger partial charge in [-0.05, 0) is 19.1 Å². The van der Waals surface area contributed by atoms with Gasteiger partial charge >= 0.3 is 0 Å². The zero-order valence-corrected chi connectivity index (χ0v) is 9.83. The number of nitrogens with one attached hydrogen (secondary N) is 1. The lowest BCUT2D eigenvalue weighted by Crippen LogP contribution is -2.30. The maximum absolute atomic E-state index is 11.7. The molecule has 0 fully saturated rings. The van der Waals surface area contributed by atoms with Crippen molar-refractivity contribution in [1.29, 1.82) is 0 Å². The molecule has 94 valence electrons. The number of benzene rings is 1. The molecule has 2 rings (SSSR count). The summed E-state index contributed by atoms with van der Waals surface area (Å²) >= 11 is 0. The molecule has 1 heterocycles. The zero-order valence-electron chi connectivity index (χ0n) is 9.83. The van der Waals surface area contributed by atoms with E-state index in [1.165, 1.54) is 6.39 Å². The van der Waals surface area contributed by atoms with E-state index in [9.17, 15) is 4.79 Å². The van der Waals surface area contributed by atoms with E-state index in [-0.39, 0.29) is 12.5 Å². The minimum atomic E-state index is -0.562. The highest BCUT2D eigenvalue weighted by molar-refractivity contribution is 5.94. The van der Waals surface area contributed by atoms with Crippen LogP contribution < -0.4 is 5.32 Å². The quantitative estimate of drug-likeness (QED) is 0.836. The van der Waals surface area contributed by atoms with Crippen molar-refractivity contribution in [1.82, 2.24) is 15.5 Å². The van der Waals surface area contributed by atoms with Gasteiger partial charge in [0.25, 0.3) is 5.91 Å².